The first kappa shape index (κ1) is 17.0. The third kappa shape index (κ3) is 3.68. The number of hydrogen-bond donors (Lipinski definition) is 1. The Labute approximate surface area is 133 Å². The average Bonchev–Trinajstić information content (AvgIpc) is 2.49. The Morgan fingerprint density at radius 1 is 1.05 bits per heavy atom. The maximum atomic E-state index is 12.0. The summed E-state index contributed by atoms with van der Waals surface area (Å²) in [4.78, 5) is 0.0916. The molecule has 1 unspecified atom stereocenters. The maximum Gasteiger partial charge on any atom is 0.295 e. The first-order valence-corrected chi connectivity index (χ1v) is 9.42. The second-order valence-corrected chi connectivity index (χ2v) is 7.14. The van der Waals surface area contributed by atoms with Gasteiger partial charge in [-0.05, 0) is 29.7 Å². The van der Waals surface area contributed by atoms with Crippen LogP contribution in [0.5, 0.6) is 0 Å². The van der Waals surface area contributed by atoms with E-state index in [1.807, 2.05) is 24.3 Å². The van der Waals surface area contributed by atoms with E-state index in [0.717, 1.165) is 43.1 Å². The van der Waals surface area contributed by atoms with Gasteiger partial charge in [0, 0.05) is 5.39 Å². The van der Waals surface area contributed by atoms with E-state index in [1.165, 1.54) is 0 Å². The molecule has 0 heterocycles. The molecule has 0 bridgehead atoms. The van der Waals surface area contributed by atoms with E-state index in [4.69, 9.17) is 0 Å². The highest BCUT2D eigenvalue weighted by Crippen LogP contribution is 2.35. The van der Waals surface area contributed by atoms with Crippen molar-refractivity contribution in [2.75, 3.05) is 0 Å². The molecule has 4 heteroatoms. The summed E-state index contributed by atoms with van der Waals surface area (Å²) >= 11 is 0. The van der Waals surface area contributed by atoms with Gasteiger partial charge in [-0.1, -0.05) is 69.5 Å². The van der Waals surface area contributed by atoms with Crippen LogP contribution in [0.15, 0.2) is 41.3 Å². The van der Waals surface area contributed by atoms with E-state index in [1.54, 1.807) is 12.1 Å². The van der Waals surface area contributed by atoms with Crippen molar-refractivity contribution in [2.24, 2.45) is 0 Å². The van der Waals surface area contributed by atoms with Crippen molar-refractivity contribution < 1.29 is 13.0 Å². The zero-order valence-electron chi connectivity index (χ0n) is 13.2. The van der Waals surface area contributed by atoms with E-state index in [-0.39, 0.29) is 10.8 Å². The Bertz CT molecular complexity index is 735. The Kier molecular flexibility index (Phi) is 5.59. The van der Waals surface area contributed by atoms with Gasteiger partial charge in [-0.25, -0.2) is 0 Å². The summed E-state index contributed by atoms with van der Waals surface area (Å²) in [7, 11) is -4.25. The molecule has 0 aliphatic heterocycles. The summed E-state index contributed by atoms with van der Waals surface area (Å²) in [6, 6.07) is 11.1. The third-order valence-corrected chi connectivity index (χ3v) is 5.23. The SMILES string of the molecule is CCCCCC(CC)c1ccc2ccccc2c1S(=O)(=O)O. The Morgan fingerprint density at radius 2 is 1.77 bits per heavy atom. The van der Waals surface area contributed by atoms with E-state index >= 15 is 0 Å². The van der Waals surface area contributed by atoms with Gasteiger partial charge in [-0.2, -0.15) is 8.42 Å². The number of rotatable bonds is 7. The minimum atomic E-state index is -4.25. The second-order valence-electron chi connectivity index (χ2n) is 5.78. The monoisotopic (exact) mass is 320 g/mol. The lowest BCUT2D eigenvalue weighted by atomic mass is 9.89. The minimum Gasteiger partial charge on any atom is -0.282 e. The van der Waals surface area contributed by atoms with Crippen molar-refractivity contribution in [2.45, 2.75) is 56.8 Å². The van der Waals surface area contributed by atoms with Crippen molar-refractivity contribution in [3.63, 3.8) is 0 Å². The Hall–Kier alpha value is -1.39. The lowest BCUT2D eigenvalue weighted by Crippen LogP contribution is -2.08. The largest absolute Gasteiger partial charge is 0.295 e. The van der Waals surface area contributed by atoms with Crippen LogP contribution in [-0.4, -0.2) is 13.0 Å². The lowest BCUT2D eigenvalue weighted by Gasteiger charge is -2.19. The van der Waals surface area contributed by atoms with Crippen LogP contribution in [0.3, 0.4) is 0 Å². The molecule has 2 rings (SSSR count). The quantitative estimate of drug-likeness (QED) is 0.566. The van der Waals surface area contributed by atoms with Crippen molar-refractivity contribution in [3.8, 4) is 0 Å². The van der Waals surface area contributed by atoms with Gasteiger partial charge in [0.25, 0.3) is 10.1 Å². The van der Waals surface area contributed by atoms with Gasteiger partial charge >= 0.3 is 0 Å². The lowest BCUT2D eigenvalue weighted by molar-refractivity contribution is 0.479. The fourth-order valence-electron chi connectivity index (χ4n) is 3.09. The van der Waals surface area contributed by atoms with Gasteiger partial charge in [-0.3, -0.25) is 4.55 Å². The zero-order chi connectivity index (χ0) is 16.2. The first-order valence-electron chi connectivity index (χ1n) is 7.98. The van der Waals surface area contributed by atoms with E-state index < -0.39 is 10.1 Å². The van der Waals surface area contributed by atoms with Gasteiger partial charge in [-0.15, -0.1) is 0 Å². The summed E-state index contributed by atoms with van der Waals surface area (Å²) in [6.07, 6.45) is 5.17. The van der Waals surface area contributed by atoms with Crippen LogP contribution >= 0.6 is 0 Å². The molecule has 0 aliphatic rings. The molecular formula is C18H24O3S. The molecule has 0 fully saturated rings. The Morgan fingerprint density at radius 3 is 2.41 bits per heavy atom. The molecule has 1 N–H and O–H groups in total. The summed E-state index contributed by atoms with van der Waals surface area (Å²) < 4.78 is 33.7. The number of unbranched alkanes of at least 4 members (excludes halogenated alkanes) is 2. The molecule has 0 aromatic heterocycles. The topological polar surface area (TPSA) is 54.4 Å². The van der Waals surface area contributed by atoms with E-state index in [0.29, 0.717) is 5.39 Å². The summed E-state index contributed by atoms with van der Waals surface area (Å²) in [5.41, 5.74) is 0.750. The van der Waals surface area contributed by atoms with Crippen molar-refractivity contribution >= 4 is 20.9 Å². The van der Waals surface area contributed by atoms with Gasteiger partial charge in [0.2, 0.25) is 0 Å². The predicted octanol–water partition coefficient (Wildman–Crippen LogP) is 5.16. The van der Waals surface area contributed by atoms with Crippen molar-refractivity contribution in [1.82, 2.24) is 0 Å². The molecule has 0 spiro atoms. The van der Waals surface area contributed by atoms with Crippen molar-refractivity contribution in [3.05, 3.63) is 42.0 Å². The molecule has 3 nitrogen and oxygen atoms in total. The maximum absolute atomic E-state index is 12.0. The van der Waals surface area contributed by atoms with Gasteiger partial charge in [0.1, 0.15) is 4.90 Å². The second kappa shape index (κ2) is 7.25. The van der Waals surface area contributed by atoms with Crippen LogP contribution in [0.4, 0.5) is 0 Å². The third-order valence-electron chi connectivity index (χ3n) is 4.26. The standard InChI is InChI=1S/C18H24O3S/c1-3-5-6-9-14(4-2)17-13-12-15-10-7-8-11-16(15)18(17)22(19,20)21/h7-8,10-14H,3-6,9H2,1-2H3,(H,19,20,21). The molecule has 0 radical (unpaired) electrons. The molecular weight excluding hydrogens is 296 g/mol. The predicted molar refractivity (Wildman–Crippen MR) is 90.9 cm³/mol. The molecule has 22 heavy (non-hydrogen) atoms. The van der Waals surface area contributed by atoms with Crippen LogP contribution < -0.4 is 0 Å². The molecule has 120 valence electrons. The highest BCUT2D eigenvalue weighted by Gasteiger charge is 2.23. The van der Waals surface area contributed by atoms with Gasteiger partial charge in [0.05, 0.1) is 0 Å². The fraction of sp³-hybridized carbons (Fsp3) is 0.444. The number of hydrogen-bond acceptors (Lipinski definition) is 2. The summed E-state index contributed by atoms with van der Waals surface area (Å²) in [5.74, 6) is 0.160. The molecule has 0 amide bonds. The van der Waals surface area contributed by atoms with Gasteiger partial charge in [0.15, 0.2) is 0 Å². The fourth-order valence-corrected chi connectivity index (χ4v) is 4.09. The highest BCUT2D eigenvalue weighted by molar-refractivity contribution is 7.86. The average molecular weight is 320 g/mol. The summed E-state index contributed by atoms with van der Waals surface area (Å²) in [6.45, 7) is 4.22. The van der Waals surface area contributed by atoms with Crippen LogP contribution in [0.25, 0.3) is 10.8 Å². The number of benzene rings is 2. The highest BCUT2D eigenvalue weighted by atomic mass is 32.2. The van der Waals surface area contributed by atoms with Crippen molar-refractivity contribution in [1.29, 1.82) is 0 Å². The molecule has 0 saturated heterocycles. The smallest absolute Gasteiger partial charge is 0.282 e. The molecule has 0 aliphatic carbocycles. The minimum absolute atomic E-state index is 0.0916. The zero-order valence-corrected chi connectivity index (χ0v) is 14.1. The Balaban J connectivity index is 2.57. The molecule has 1 atom stereocenters. The van der Waals surface area contributed by atoms with Crippen LogP contribution in [0.2, 0.25) is 0 Å². The molecule has 2 aromatic carbocycles. The molecule has 2 aromatic rings. The van der Waals surface area contributed by atoms with Gasteiger partial charge < -0.3 is 0 Å². The van der Waals surface area contributed by atoms with E-state index in [2.05, 4.69) is 13.8 Å². The first-order chi connectivity index (χ1) is 10.5. The summed E-state index contributed by atoms with van der Waals surface area (Å²) in [5, 5.41) is 1.44. The van der Waals surface area contributed by atoms with Crippen LogP contribution in [0, 0.1) is 0 Å². The normalized spacial score (nSPS) is 13.4. The molecule has 0 saturated carbocycles. The van der Waals surface area contributed by atoms with Crippen LogP contribution in [0.1, 0.15) is 57.4 Å². The van der Waals surface area contributed by atoms with Crippen LogP contribution in [-0.2, 0) is 10.1 Å². The van der Waals surface area contributed by atoms with E-state index in [9.17, 15) is 13.0 Å². The number of fused-ring (bicyclic) bond motifs is 1.